The van der Waals surface area contributed by atoms with Gasteiger partial charge >= 0.3 is 6.18 Å². The highest BCUT2D eigenvalue weighted by Crippen LogP contribution is 2.34. The van der Waals surface area contributed by atoms with Crippen molar-refractivity contribution in [3.8, 4) is 0 Å². The third-order valence-electron chi connectivity index (χ3n) is 5.43. The summed E-state index contributed by atoms with van der Waals surface area (Å²) in [5.41, 5.74) is 2.42. The van der Waals surface area contributed by atoms with Gasteiger partial charge in [-0.3, -0.25) is 4.90 Å². The first-order chi connectivity index (χ1) is 13.4. The number of allylic oxidation sites excluding steroid dienone is 2. The minimum Gasteiger partial charge on any atom is -0.373 e. The minimum absolute atomic E-state index is 0.00118. The van der Waals surface area contributed by atoms with Crippen molar-refractivity contribution in [2.24, 2.45) is 0 Å². The first-order valence-electron chi connectivity index (χ1n) is 9.38. The van der Waals surface area contributed by atoms with Crippen LogP contribution in [-0.2, 0) is 5.54 Å². The lowest BCUT2D eigenvalue weighted by molar-refractivity contribution is -0.143. The zero-order valence-corrected chi connectivity index (χ0v) is 15.7. The highest BCUT2D eigenvalue weighted by Gasteiger charge is 2.37. The maximum absolute atomic E-state index is 12.7. The van der Waals surface area contributed by atoms with Crippen molar-refractivity contribution in [2.45, 2.75) is 31.1 Å². The van der Waals surface area contributed by atoms with Crippen LogP contribution >= 0.6 is 0 Å². The highest BCUT2D eigenvalue weighted by molar-refractivity contribution is 5.44. The van der Waals surface area contributed by atoms with E-state index in [1.54, 1.807) is 6.33 Å². The quantitative estimate of drug-likeness (QED) is 0.860. The van der Waals surface area contributed by atoms with Gasteiger partial charge in [-0.05, 0) is 30.6 Å². The number of aromatic nitrogens is 2. The first-order valence-corrected chi connectivity index (χ1v) is 9.38. The van der Waals surface area contributed by atoms with Gasteiger partial charge in [0, 0.05) is 31.5 Å². The Hall–Kier alpha value is -2.54. The smallest absolute Gasteiger partial charge is 0.373 e. The number of dihydropyridines is 1. The summed E-state index contributed by atoms with van der Waals surface area (Å²) in [5, 5.41) is 3.47. The number of alkyl halides is 3. The summed E-state index contributed by atoms with van der Waals surface area (Å²) < 4.78 is 40.0. The summed E-state index contributed by atoms with van der Waals surface area (Å²) in [6.07, 6.45) is 6.34. The number of imidazole rings is 1. The van der Waals surface area contributed by atoms with E-state index in [4.69, 9.17) is 0 Å². The van der Waals surface area contributed by atoms with Gasteiger partial charge in [-0.15, -0.1) is 0 Å². The van der Waals surface area contributed by atoms with Gasteiger partial charge in [-0.25, -0.2) is 4.98 Å². The molecular weight excluding hydrogens is 365 g/mol. The molecule has 0 spiro atoms. The van der Waals surface area contributed by atoms with Gasteiger partial charge in [0.25, 0.3) is 0 Å². The molecule has 4 rings (SSSR count). The Bertz CT molecular complexity index is 885. The summed E-state index contributed by atoms with van der Waals surface area (Å²) in [6, 6.07) is 10.0. The van der Waals surface area contributed by atoms with Crippen LogP contribution in [0.5, 0.6) is 0 Å². The molecule has 148 valence electrons. The zero-order chi connectivity index (χ0) is 19.8. The molecule has 1 aromatic carbocycles. The molecule has 1 N–H and O–H groups in total. The molecule has 2 aliphatic heterocycles. The summed E-state index contributed by atoms with van der Waals surface area (Å²) in [6.45, 7) is 2.00. The predicted molar refractivity (Wildman–Crippen MR) is 102 cm³/mol. The number of hydrogen-bond donors (Lipinski definition) is 1. The van der Waals surface area contributed by atoms with Crippen LogP contribution in [0.4, 0.5) is 13.2 Å². The van der Waals surface area contributed by atoms with E-state index >= 15 is 0 Å². The molecule has 7 heteroatoms. The number of hydrogen-bond acceptors (Lipinski definition) is 3. The number of benzene rings is 1. The van der Waals surface area contributed by atoms with Gasteiger partial charge in [-0.2, -0.15) is 13.2 Å². The molecule has 1 fully saturated rings. The van der Waals surface area contributed by atoms with E-state index in [1.807, 2.05) is 54.2 Å². The second kappa shape index (κ2) is 7.13. The van der Waals surface area contributed by atoms with Crippen molar-refractivity contribution in [1.29, 1.82) is 0 Å². The second-order valence-corrected chi connectivity index (χ2v) is 7.54. The number of likely N-dealkylation sites (tertiary alicyclic amines) is 1. The Morgan fingerprint density at radius 2 is 2.04 bits per heavy atom. The Morgan fingerprint density at radius 3 is 2.71 bits per heavy atom. The molecule has 2 aromatic rings. The molecule has 2 aliphatic rings. The van der Waals surface area contributed by atoms with E-state index in [1.165, 1.54) is 4.90 Å². The monoisotopic (exact) mass is 388 g/mol. The highest BCUT2D eigenvalue weighted by atomic mass is 19.4. The molecule has 3 heterocycles. The maximum atomic E-state index is 12.7. The predicted octanol–water partition coefficient (Wildman–Crippen LogP) is 4.00. The van der Waals surface area contributed by atoms with E-state index in [-0.39, 0.29) is 6.04 Å². The van der Waals surface area contributed by atoms with Gasteiger partial charge in [-0.1, -0.05) is 36.4 Å². The molecule has 4 nitrogen and oxygen atoms in total. The van der Waals surface area contributed by atoms with E-state index in [0.717, 1.165) is 16.8 Å². The van der Waals surface area contributed by atoms with Gasteiger partial charge in [0.2, 0.25) is 0 Å². The normalized spacial score (nSPS) is 25.6. The molecule has 0 bridgehead atoms. The maximum Gasteiger partial charge on any atom is 0.401 e. The van der Waals surface area contributed by atoms with Crippen LogP contribution in [0.2, 0.25) is 0 Å². The Morgan fingerprint density at radius 1 is 1.25 bits per heavy atom. The van der Waals surface area contributed by atoms with Crippen LogP contribution in [0.1, 0.15) is 30.6 Å². The average molecular weight is 388 g/mol. The largest absolute Gasteiger partial charge is 0.401 e. The van der Waals surface area contributed by atoms with Crippen LogP contribution in [-0.4, -0.2) is 40.3 Å². The van der Waals surface area contributed by atoms with Gasteiger partial charge in [0.1, 0.15) is 5.54 Å². The molecule has 1 saturated heterocycles. The van der Waals surface area contributed by atoms with Crippen LogP contribution in [0.15, 0.2) is 66.8 Å². The summed E-state index contributed by atoms with van der Waals surface area (Å²) in [4.78, 5) is 6.10. The lowest BCUT2D eigenvalue weighted by atomic mass is 9.84. The van der Waals surface area contributed by atoms with E-state index in [9.17, 15) is 13.2 Å². The molecule has 0 amide bonds. The van der Waals surface area contributed by atoms with Crippen molar-refractivity contribution < 1.29 is 13.2 Å². The van der Waals surface area contributed by atoms with E-state index in [0.29, 0.717) is 19.5 Å². The summed E-state index contributed by atoms with van der Waals surface area (Å²) in [7, 11) is 0. The fraction of sp³-hybridized carbons (Fsp3) is 0.381. The number of nitrogens with zero attached hydrogens (tertiary/aromatic N) is 3. The molecule has 0 aliphatic carbocycles. The van der Waals surface area contributed by atoms with Gasteiger partial charge in [0.15, 0.2) is 0 Å². The Kier molecular flexibility index (Phi) is 4.79. The lowest BCUT2D eigenvalue weighted by Crippen LogP contribution is -2.40. The Labute approximate surface area is 162 Å². The third kappa shape index (κ3) is 3.71. The minimum atomic E-state index is -4.16. The molecule has 2 unspecified atom stereocenters. The zero-order valence-electron chi connectivity index (χ0n) is 15.7. The molecular formula is C21H23F3N4. The van der Waals surface area contributed by atoms with E-state index in [2.05, 4.69) is 22.5 Å². The number of halogens is 3. The first kappa shape index (κ1) is 18.8. The molecule has 0 radical (unpaired) electrons. The van der Waals surface area contributed by atoms with Crippen LogP contribution in [0.3, 0.4) is 0 Å². The van der Waals surface area contributed by atoms with Crippen molar-refractivity contribution in [2.75, 3.05) is 19.6 Å². The van der Waals surface area contributed by atoms with Crippen molar-refractivity contribution in [3.63, 3.8) is 0 Å². The van der Waals surface area contributed by atoms with Crippen molar-refractivity contribution in [1.82, 2.24) is 19.8 Å². The second-order valence-electron chi connectivity index (χ2n) is 7.54. The topological polar surface area (TPSA) is 33.1 Å². The van der Waals surface area contributed by atoms with E-state index < -0.39 is 18.3 Å². The fourth-order valence-electron chi connectivity index (χ4n) is 3.96. The average Bonchev–Trinajstić information content (AvgIpc) is 3.32. The Balaban J connectivity index is 1.59. The SMILES string of the molecule is CC1=CNC(c2ccccc2)(c2cn(C3CCN(CC(F)(F)F)C3)cn2)C=C1. The molecule has 0 saturated carbocycles. The summed E-state index contributed by atoms with van der Waals surface area (Å²) in [5.74, 6) is 0. The van der Waals surface area contributed by atoms with Crippen LogP contribution in [0, 0.1) is 0 Å². The van der Waals surface area contributed by atoms with Gasteiger partial charge in [0.05, 0.1) is 18.6 Å². The molecule has 2 atom stereocenters. The number of nitrogens with one attached hydrogen (secondary N) is 1. The van der Waals surface area contributed by atoms with Crippen molar-refractivity contribution in [3.05, 3.63) is 78.0 Å². The van der Waals surface area contributed by atoms with Crippen molar-refractivity contribution >= 4 is 0 Å². The van der Waals surface area contributed by atoms with Crippen LogP contribution < -0.4 is 5.32 Å². The molecule has 1 aromatic heterocycles. The fourth-order valence-corrected chi connectivity index (χ4v) is 3.96. The third-order valence-corrected chi connectivity index (χ3v) is 5.43. The number of rotatable bonds is 4. The lowest BCUT2D eigenvalue weighted by Gasteiger charge is -2.33. The van der Waals surface area contributed by atoms with Gasteiger partial charge < -0.3 is 9.88 Å². The summed E-state index contributed by atoms with van der Waals surface area (Å²) >= 11 is 0. The standard InChI is InChI=1S/C21H23F3N4/c1-16-7-9-20(26-11-16,17-5-3-2-4-6-17)19-13-28(15-25-19)18-8-10-27(12-18)14-21(22,23)24/h2-7,9,11,13,15,18,26H,8,10,12,14H2,1H3. The van der Waals surface area contributed by atoms with Crippen LogP contribution in [0.25, 0.3) is 0 Å². The molecule has 28 heavy (non-hydrogen) atoms.